The first-order valence-corrected chi connectivity index (χ1v) is 2.54. The number of hydrogen-bond acceptors (Lipinski definition) is 4. The molecule has 0 N–H and O–H groups in total. The standard InChI is InChI=1S/C5H10O4.K/c1-8-2-3-9-4-5(6)7;/h2-4H2,1H3,(H,6,7);/q;+1/p-1. The maximum atomic E-state index is 9.69. The molecule has 0 aromatic heterocycles. The topological polar surface area (TPSA) is 58.6 Å². The Balaban J connectivity index is 0. The molecule has 5 heteroatoms. The van der Waals surface area contributed by atoms with Crippen LogP contribution >= 0.6 is 0 Å². The summed E-state index contributed by atoms with van der Waals surface area (Å²) in [6.45, 7) is 0.348. The van der Waals surface area contributed by atoms with E-state index in [1.807, 2.05) is 0 Å². The summed E-state index contributed by atoms with van der Waals surface area (Å²) < 4.78 is 9.13. The normalized spacial score (nSPS) is 8.50. The van der Waals surface area contributed by atoms with Gasteiger partial charge in [-0.1, -0.05) is 0 Å². The second-order valence-corrected chi connectivity index (χ2v) is 1.42. The molecular formula is C5H9KO4. The molecule has 0 rings (SSSR count). The molecule has 0 radical (unpaired) electrons. The Hall–Kier alpha value is 1.03. The molecule has 0 atom stereocenters. The van der Waals surface area contributed by atoms with E-state index in [1.165, 1.54) is 7.11 Å². The van der Waals surface area contributed by atoms with Crippen molar-refractivity contribution in [1.29, 1.82) is 0 Å². The minimum Gasteiger partial charge on any atom is -0.548 e. The molecule has 0 aliphatic rings. The molecule has 0 aromatic carbocycles. The minimum absolute atomic E-state index is 0. The molecule has 0 amide bonds. The summed E-state index contributed by atoms with van der Waals surface area (Å²) in [7, 11) is 1.52. The number of methoxy groups -OCH3 is 1. The number of carbonyl (C=O) groups excluding carboxylic acids is 1. The van der Waals surface area contributed by atoms with Crippen LogP contribution in [0.2, 0.25) is 0 Å². The summed E-state index contributed by atoms with van der Waals surface area (Å²) in [4.78, 5) is 9.69. The van der Waals surface area contributed by atoms with Gasteiger partial charge in [-0.25, -0.2) is 0 Å². The molecular weight excluding hydrogens is 163 g/mol. The van der Waals surface area contributed by atoms with E-state index in [0.29, 0.717) is 13.2 Å². The van der Waals surface area contributed by atoms with Crippen molar-refractivity contribution in [3.05, 3.63) is 0 Å². The van der Waals surface area contributed by atoms with Gasteiger partial charge in [0.15, 0.2) is 0 Å². The van der Waals surface area contributed by atoms with Crippen LogP contribution in [-0.4, -0.2) is 32.9 Å². The summed E-state index contributed by atoms with van der Waals surface area (Å²) in [6.07, 6.45) is 0. The molecule has 0 aromatic rings. The Bertz CT molecular complexity index is 85.7. The van der Waals surface area contributed by atoms with E-state index in [9.17, 15) is 9.90 Å². The van der Waals surface area contributed by atoms with Gasteiger partial charge in [-0.3, -0.25) is 0 Å². The number of carboxylic acids is 1. The number of aliphatic carboxylic acids is 1. The quantitative estimate of drug-likeness (QED) is 0.309. The van der Waals surface area contributed by atoms with Gasteiger partial charge in [-0.15, -0.1) is 0 Å². The minimum atomic E-state index is -1.20. The Labute approximate surface area is 102 Å². The van der Waals surface area contributed by atoms with Gasteiger partial charge in [-0.2, -0.15) is 0 Å². The maximum absolute atomic E-state index is 9.69. The fourth-order valence-electron chi connectivity index (χ4n) is 0.298. The van der Waals surface area contributed by atoms with Gasteiger partial charge >= 0.3 is 51.4 Å². The summed E-state index contributed by atoms with van der Waals surface area (Å²) in [5.41, 5.74) is 0. The summed E-state index contributed by atoms with van der Waals surface area (Å²) in [6, 6.07) is 0. The van der Waals surface area contributed by atoms with E-state index in [-0.39, 0.29) is 58.0 Å². The molecule has 4 nitrogen and oxygen atoms in total. The Morgan fingerprint density at radius 3 is 2.50 bits per heavy atom. The van der Waals surface area contributed by atoms with Gasteiger partial charge in [0.05, 0.1) is 25.8 Å². The van der Waals surface area contributed by atoms with E-state index < -0.39 is 5.97 Å². The van der Waals surface area contributed by atoms with Crippen LogP contribution in [0.25, 0.3) is 0 Å². The Kier molecular flexibility index (Phi) is 13.6. The van der Waals surface area contributed by atoms with Crippen molar-refractivity contribution in [2.45, 2.75) is 0 Å². The van der Waals surface area contributed by atoms with Crippen LogP contribution < -0.4 is 56.5 Å². The van der Waals surface area contributed by atoms with Crippen LogP contribution in [0.3, 0.4) is 0 Å². The van der Waals surface area contributed by atoms with Crippen molar-refractivity contribution in [1.82, 2.24) is 0 Å². The van der Waals surface area contributed by atoms with Gasteiger partial charge in [-0.05, 0) is 0 Å². The van der Waals surface area contributed by atoms with Gasteiger partial charge in [0.25, 0.3) is 0 Å². The fourth-order valence-corrected chi connectivity index (χ4v) is 0.298. The third kappa shape index (κ3) is 11.8. The van der Waals surface area contributed by atoms with E-state index in [2.05, 4.69) is 9.47 Å². The predicted molar refractivity (Wildman–Crippen MR) is 27.7 cm³/mol. The third-order valence-corrected chi connectivity index (χ3v) is 0.652. The second-order valence-electron chi connectivity index (χ2n) is 1.42. The monoisotopic (exact) mass is 172 g/mol. The van der Waals surface area contributed by atoms with Crippen molar-refractivity contribution in [3.8, 4) is 0 Å². The molecule has 0 spiro atoms. The zero-order valence-electron chi connectivity index (χ0n) is 6.25. The molecule has 0 fully saturated rings. The molecule has 0 aliphatic carbocycles. The van der Waals surface area contributed by atoms with E-state index in [4.69, 9.17) is 0 Å². The molecule has 54 valence electrons. The van der Waals surface area contributed by atoms with Gasteiger partial charge < -0.3 is 19.4 Å². The maximum Gasteiger partial charge on any atom is 1.00 e. The van der Waals surface area contributed by atoms with Crippen molar-refractivity contribution in [2.24, 2.45) is 0 Å². The average molecular weight is 172 g/mol. The first-order chi connectivity index (χ1) is 4.27. The van der Waals surface area contributed by atoms with Gasteiger partial charge in [0, 0.05) is 7.11 Å². The van der Waals surface area contributed by atoms with Crippen LogP contribution in [0, 0.1) is 0 Å². The first-order valence-electron chi connectivity index (χ1n) is 2.54. The van der Waals surface area contributed by atoms with Gasteiger partial charge in [0.1, 0.15) is 0 Å². The van der Waals surface area contributed by atoms with E-state index in [1.54, 1.807) is 0 Å². The fraction of sp³-hybridized carbons (Fsp3) is 0.800. The van der Waals surface area contributed by atoms with Crippen molar-refractivity contribution in [3.63, 3.8) is 0 Å². The van der Waals surface area contributed by atoms with Gasteiger partial charge in [0.2, 0.25) is 0 Å². The first kappa shape index (κ1) is 13.6. The van der Waals surface area contributed by atoms with Crippen LogP contribution in [-0.2, 0) is 14.3 Å². The summed E-state index contributed by atoms with van der Waals surface area (Å²) in [5.74, 6) is -1.20. The van der Waals surface area contributed by atoms with E-state index in [0.717, 1.165) is 0 Å². The molecule has 0 bridgehead atoms. The SMILES string of the molecule is COCCOCC(=O)[O-].[K+]. The molecule has 0 unspecified atom stereocenters. The van der Waals surface area contributed by atoms with E-state index >= 15 is 0 Å². The number of carboxylic acid groups (broad SMARTS) is 1. The zero-order valence-corrected chi connectivity index (χ0v) is 9.38. The van der Waals surface area contributed by atoms with Crippen molar-refractivity contribution >= 4 is 5.97 Å². The molecule has 0 saturated carbocycles. The number of ether oxygens (including phenoxy) is 2. The molecule has 10 heavy (non-hydrogen) atoms. The van der Waals surface area contributed by atoms with Crippen LogP contribution in [0.4, 0.5) is 0 Å². The summed E-state index contributed by atoms with van der Waals surface area (Å²) >= 11 is 0. The number of hydrogen-bond donors (Lipinski definition) is 0. The van der Waals surface area contributed by atoms with Crippen LogP contribution in [0.1, 0.15) is 0 Å². The average Bonchev–Trinajstić information content (AvgIpc) is 1.80. The van der Waals surface area contributed by atoms with Crippen LogP contribution in [0.5, 0.6) is 0 Å². The molecule has 0 heterocycles. The Morgan fingerprint density at radius 1 is 1.50 bits per heavy atom. The molecule has 0 saturated heterocycles. The smallest absolute Gasteiger partial charge is 0.548 e. The number of carbonyl (C=O) groups is 1. The predicted octanol–water partition coefficient (Wildman–Crippen LogP) is -4.60. The Morgan fingerprint density at radius 2 is 2.10 bits per heavy atom. The zero-order chi connectivity index (χ0) is 7.11. The van der Waals surface area contributed by atoms with Crippen molar-refractivity contribution < 1.29 is 70.8 Å². The van der Waals surface area contributed by atoms with Crippen LogP contribution in [0.15, 0.2) is 0 Å². The molecule has 0 aliphatic heterocycles. The summed E-state index contributed by atoms with van der Waals surface area (Å²) in [5, 5.41) is 9.69. The largest absolute Gasteiger partial charge is 1.00 e. The number of rotatable bonds is 5. The second kappa shape index (κ2) is 10.0. The van der Waals surface area contributed by atoms with Crippen molar-refractivity contribution in [2.75, 3.05) is 26.9 Å². The third-order valence-electron chi connectivity index (χ3n) is 0.652.